The Morgan fingerprint density at radius 3 is 2.04 bits per heavy atom. The largest absolute Gasteiger partial charge is 0.478 e. The normalized spacial score (nSPS) is 9.65. The molecule has 0 saturated carbocycles. The highest BCUT2D eigenvalue weighted by Gasteiger charge is 2.16. The Labute approximate surface area is 153 Å². The second kappa shape index (κ2) is 14.9. The molecule has 26 heavy (non-hydrogen) atoms. The predicted molar refractivity (Wildman–Crippen MR) is 96.2 cm³/mol. The molecule has 146 valence electrons. The van der Waals surface area contributed by atoms with Crippen molar-refractivity contribution < 1.29 is 34.1 Å². The zero-order chi connectivity index (χ0) is 19.8. The van der Waals surface area contributed by atoms with Gasteiger partial charge in [-0.15, -0.1) is 0 Å². The molecule has 0 aliphatic rings. The zero-order valence-corrected chi connectivity index (χ0v) is 15.4. The van der Waals surface area contributed by atoms with Gasteiger partial charge in [0.05, 0.1) is 24.8 Å². The van der Waals surface area contributed by atoms with Crippen molar-refractivity contribution >= 4 is 17.9 Å². The SMILES string of the molecule is CCCCCCCCOC(=O)c1ccccc1C(=O)O.COC(=O)CO. The van der Waals surface area contributed by atoms with Gasteiger partial charge in [-0.2, -0.15) is 0 Å². The van der Waals surface area contributed by atoms with Gasteiger partial charge in [0.1, 0.15) is 6.61 Å². The van der Waals surface area contributed by atoms with E-state index in [4.69, 9.17) is 14.9 Å². The topological polar surface area (TPSA) is 110 Å². The Balaban J connectivity index is 0.000000896. The maximum Gasteiger partial charge on any atom is 0.339 e. The maximum atomic E-state index is 11.8. The predicted octanol–water partition coefficient (Wildman–Crippen LogP) is 3.05. The number of unbranched alkanes of at least 4 members (excludes halogenated alkanes) is 5. The fourth-order valence-electron chi connectivity index (χ4n) is 2.04. The van der Waals surface area contributed by atoms with E-state index in [0.29, 0.717) is 6.61 Å². The van der Waals surface area contributed by atoms with E-state index in [9.17, 15) is 14.4 Å². The molecule has 0 unspecified atom stereocenters. The van der Waals surface area contributed by atoms with Crippen molar-refractivity contribution in [3.05, 3.63) is 35.4 Å². The molecular formula is C19H28O7. The first-order valence-electron chi connectivity index (χ1n) is 8.65. The van der Waals surface area contributed by atoms with Crippen LogP contribution in [0, 0.1) is 0 Å². The number of esters is 2. The standard InChI is InChI=1S/C16H22O4.C3H6O3/c1-2-3-4-5-6-9-12-20-16(19)14-11-8-7-10-13(14)15(17)18;1-6-3(5)2-4/h7-8,10-11H,2-6,9,12H2,1H3,(H,17,18);4H,2H2,1H3. The fourth-order valence-corrected chi connectivity index (χ4v) is 2.04. The number of methoxy groups -OCH3 is 1. The van der Waals surface area contributed by atoms with E-state index in [0.717, 1.165) is 19.3 Å². The lowest BCUT2D eigenvalue weighted by molar-refractivity contribution is -0.143. The number of benzene rings is 1. The van der Waals surface area contributed by atoms with Crippen molar-refractivity contribution in [3.63, 3.8) is 0 Å². The molecule has 0 spiro atoms. The highest BCUT2D eigenvalue weighted by atomic mass is 16.5. The molecule has 0 saturated heterocycles. The Hall–Kier alpha value is -2.41. The first-order valence-corrected chi connectivity index (χ1v) is 8.65. The van der Waals surface area contributed by atoms with Crippen LogP contribution < -0.4 is 0 Å². The average Bonchev–Trinajstić information content (AvgIpc) is 2.66. The minimum atomic E-state index is -1.11. The van der Waals surface area contributed by atoms with Crippen LogP contribution in [0.3, 0.4) is 0 Å². The van der Waals surface area contributed by atoms with Crippen LogP contribution in [-0.2, 0) is 14.3 Å². The molecular weight excluding hydrogens is 340 g/mol. The lowest BCUT2D eigenvalue weighted by Crippen LogP contribution is -2.12. The Bertz CT molecular complexity index is 549. The van der Waals surface area contributed by atoms with Gasteiger partial charge < -0.3 is 19.7 Å². The lowest BCUT2D eigenvalue weighted by atomic mass is 10.1. The summed E-state index contributed by atoms with van der Waals surface area (Å²) < 4.78 is 9.13. The minimum absolute atomic E-state index is 0.0135. The van der Waals surface area contributed by atoms with E-state index < -0.39 is 24.5 Å². The molecule has 1 rings (SSSR count). The van der Waals surface area contributed by atoms with Crippen LogP contribution in [0.4, 0.5) is 0 Å². The second-order valence-corrected chi connectivity index (χ2v) is 5.49. The Morgan fingerprint density at radius 1 is 0.962 bits per heavy atom. The second-order valence-electron chi connectivity index (χ2n) is 5.49. The number of rotatable bonds is 10. The average molecular weight is 368 g/mol. The number of carbonyl (C=O) groups excluding carboxylic acids is 2. The van der Waals surface area contributed by atoms with Gasteiger partial charge in [0, 0.05) is 0 Å². The third kappa shape index (κ3) is 10.5. The third-order valence-electron chi connectivity index (χ3n) is 3.47. The van der Waals surface area contributed by atoms with Crippen molar-refractivity contribution in [3.8, 4) is 0 Å². The molecule has 0 radical (unpaired) electrons. The van der Waals surface area contributed by atoms with Gasteiger partial charge in [-0.05, 0) is 18.6 Å². The van der Waals surface area contributed by atoms with Gasteiger partial charge >= 0.3 is 17.9 Å². The van der Waals surface area contributed by atoms with E-state index in [1.165, 1.54) is 38.5 Å². The first kappa shape index (κ1) is 23.6. The summed E-state index contributed by atoms with van der Waals surface area (Å²) in [5.74, 6) is -2.27. The third-order valence-corrected chi connectivity index (χ3v) is 3.47. The van der Waals surface area contributed by atoms with E-state index in [1.54, 1.807) is 12.1 Å². The van der Waals surface area contributed by atoms with E-state index in [-0.39, 0.29) is 11.1 Å². The van der Waals surface area contributed by atoms with Gasteiger partial charge in [-0.25, -0.2) is 14.4 Å². The zero-order valence-electron chi connectivity index (χ0n) is 15.4. The smallest absolute Gasteiger partial charge is 0.339 e. The monoisotopic (exact) mass is 368 g/mol. The van der Waals surface area contributed by atoms with E-state index in [1.807, 2.05) is 0 Å². The number of hydrogen-bond acceptors (Lipinski definition) is 6. The number of aliphatic hydroxyl groups is 1. The van der Waals surface area contributed by atoms with Gasteiger partial charge in [0.25, 0.3) is 0 Å². The van der Waals surface area contributed by atoms with Crippen molar-refractivity contribution in [2.24, 2.45) is 0 Å². The van der Waals surface area contributed by atoms with Gasteiger partial charge in [0.15, 0.2) is 0 Å². The fraction of sp³-hybridized carbons (Fsp3) is 0.526. The highest BCUT2D eigenvalue weighted by molar-refractivity contribution is 6.02. The molecule has 1 aromatic rings. The number of carboxylic acid groups (broad SMARTS) is 1. The van der Waals surface area contributed by atoms with Crippen LogP contribution in [-0.4, -0.2) is 48.4 Å². The van der Waals surface area contributed by atoms with Gasteiger partial charge in [-0.3, -0.25) is 0 Å². The number of aliphatic hydroxyl groups excluding tert-OH is 1. The summed E-state index contributed by atoms with van der Waals surface area (Å²) in [7, 11) is 1.22. The quantitative estimate of drug-likeness (QED) is 0.482. The molecule has 0 bridgehead atoms. The van der Waals surface area contributed by atoms with Gasteiger partial charge in [-0.1, -0.05) is 51.2 Å². The number of hydrogen-bond donors (Lipinski definition) is 2. The Kier molecular flexibility index (Phi) is 13.5. The summed E-state index contributed by atoms with van der Waals surface area (Å²) in [6, 6.07) is 6.11. The molecule has 0 aliphatic heterocycles. The molecule has 0 atom stereocenters. The van der Waals surface area contributed by atoms with Crippen LogP contribution in [0.5, 0.6) is 0 Å². The Morgan fingerprint density at radius 2 is 1.54 bits per heavy atom. The summed E-state index contributed by atoms with van der Waals surface area (Å²) >= 11 is 0. The van der Waals surface area contributed by atoms with Crippen molar-refractivity contribution in [2.75, 3.05) is 20.3 Å². The number of aromatic carboxylic acids is 1. The molecule has 0 fully saturated rings. The molecule has 2 N–H and O–H groups in total. The molecule has 0 aliphatic carbocycles. The highest BCUT2D eigenvalue weighted by Crippen LogP contribution is 2.11. The summed E-state index contributed by atoms with van der Waals surface area (Å²) in [6.45, 7) is 1.98. The summed E-state index contributed by atoms with van der Waals surface area (Å²) in [5, 5.41) is 16.9. The number of ether oxygens (including phenoxy) is 2. The number of carbonyl (C=O) groups is 3. The van der Waals surface area contributed by atoms with Crippen molar-refractivity contribution in [2.45, 2.75) is 45.4 Å². The van der Waals surface area contributed by atoms with Crippen molar-refractivity contribution in [1.82, 2.24) is 0 Å². The molecule has 7 heteroatoms. The van der Waals surface area contributed by atoms with Crippen LogP contribution in [0.15, 0.2) is 24.3 Å². The number of carboxylic acids is 1. The van der Waals surface area contributed by atoms with Crippen LogP contribution in [0.1, 0.15) is 66.2 Å². The molecule has 0 aromatic heterocycles. The van der Waals surface area contributed by atoms with Crippen LogP contribution in [0.2, 0.25) is 0 Å². The summed E-state index contributed by atoms with van der Waals surface area (Å²) in [5.41, 5.74) is 0.103. The van der Waals surface area contributed by atoms with Crippen molar-refractivity contribution in [1.29, 1.82) is 0 Å². The molecule has 0 heterocycles. The van der Waals surface area contributed by atoms with Crippen LogP contribution >= 0.6 is 0 Å². The van der Waals surface area contributed by atoms with Crippen LogP contribution in [0.25, 0.3) is 0 Å². The summed E-state index contributed by atoms with van der Waals surface area (Å²) in [4.78, 5) is 32.5. The minimum Gasteiger partial charge on any atom is -0.478 e. The van der Waals surface area contributed by atoms with E-state index in [2.05, 4.69) is 11.7 Å². The maximum absolute atomic E-state index is 11.8. The van der Waals surface area contributed by atoms with Gasteiger partial charge in [0.2, 0.25) is 0 Å². The first-order chi connectivity index (χ1) is 12.5. The molecule has 1 aromatic carbocycles. The molecule has 0 amide bonds. The molecule has 7 nitrogen and oxygen atoms in total. The summed E-state index contributed by atoms with van der Waals surface area (Å²) in [6.07, 6.45) is 6.68. The lowest BCUT2D eigenvalue weighted by Gasteiger charge is -2.07. The van der Waals surface area contributed by atoms with E-state index >= 15 is 0 Å².